The number of hydrogen-bond donors (Lipinski definition) is 1. The van der Waals surface area contributed by atoms with Crippen molar-refractivity contribution in [1.82, 2.24) is 5.32 Å². The maximum Gasteiger partial charge on any atom is 0.125 e. The van der Waals surface area contributed by atoms with E-state index in [9.17, 15) is 4.39 Å². The van der Waals surface area contributed by atoms with E-state index in [2.05, 4.69) is 31.0 Å². The van der Waals surface area contributed by atoms with Gasteiger partial charge in [0.05, 0.1) is 0 Å². The summed E-state index contributed by atoms with van der Waals surface area (Å²) in [5, 5.41) is 3.51. The van der Waals surface area contributed by atoms with Gasteiger partial charge in [-0.1, -0.05) is 13.0 Å². The van der Waals surface area contributed by atoms with Gasteiger partial charge in [0.25, 0.3) is 0 Å². The average Bonchev–Trinajstić information content (AvgIpc) is 2.33. The molecule has 2 unspecified atom stereocenters. The van der Waals surface area contributed by atoms with Gasteiger partial charge in [0.15, 0.2) is 0 Å². The van der Waals surface area contributed by atoms with Crippen LogP contribution in [0.5, 0.6) is 0 Å². The van der Waals surface area contributed by atoms with E-state index in [4.69, 9.17) is 0 Å². The van der Waals surface area contributed by atoms with Gasteiger partial charge in [-0.3, -0.25) is 0 Å². The minimum absolute atomic E-state index is 0.142. The van der Waals surface area contributed by atoms with E-state index in [1.54, 1.807) is 6.07 Å². The quantitative estimate of drug-likeness (QED) is 0.886. The van der Waals surface area contributed by atoms with Gasteiger partial charge in [-0.25, -0.2) is 4.39 Å². The van der Waals surface area contributed by atoms with E-state index in [-0.39, 0.29) is 5.82 Å². The van der Waals surface area contributed by atoms with Crippen molar-refractivity contribution in [1.29, 1.82) is 0 Å². The van der Waals surface area contributed by atoms with Gasteiger partial charge >= 0.3 is 0 Å². The molecule has 2 nitrogen and oxygen atoms in total. The van der Waals surface area contributed by atoms with Crippen molar-refractivity contribution in [3.05, 3.63) is 29.6 Å². The predicted molar refractivity (Wildman–Crippen MR) is 74.6 cm³/mol. The maximum atomic E-state index is 13.4. The van der Waals surface area contributed by atoms with Crippen LogP contribution in [-0.4, -0.2) is 25.2 Å². The Kier molecular flexibility index (Phi) is 4.23. The highest BCUT2D eigenvalue weighted by atomic mass is 19.1. The molecule has 0 amide bonds. The molecule has 0 spiro atoms. The molecule has 18 heavy (non-hydrogen) atoms. The van der Waals surface area contributed by atoms with Crippen LogP contribution in [0.1, 0.15) is 32.3 Å². The van der Waals surface area contributed by atoms with Crippen LogP contribution in [0.15, 0.2) is 18.2 Å². The standard InChI is InChI=1S/C15H23FN2/c1-4-17-14-7-8-18(12(3)9-14)15-10-13(16)6-5-11(15)2/h5-6,10,12,14,17H,4,7-9H2,1-3H3. The van der Waals surface area contributed by atoms with Gasteiger partial charge in [-0.2, -0.15) is 0 Å². The number of anilines is 1. The molecule has 2 atom stereocenters. The second-order valence-corrected chi connectivity index (χ2v) is 5.25. The molecular weight excluding hydrogens is 227 g/mol. The smallest absolute Gasteiger partial charge is 0.125 e. The molecule has 1 aliphatic rings. The lowest BCUT2D eigenvalue weighted by atomic mass is 9.96. The fourth-order valence-electron chi connectivity index (χ4n) is 2.90. The first-order valence-corrected chi connectivity index (χ1v) is 6.88. The van der Waals surface area contributed by atoms with E-state index in [1.165, 1.54) is 6.07 Å². The minimum Gasteiger partial charge on any atom is -0.368 e. The Balaban J connectivity index is 2.12. The van der Waals surface area contributed by atoms with Gasteiger partial charge in [-0.05, 0) is 50.9 Å². The summed E-state index contributed by atoms with van der Waals surface area (Å²) in [5.41, 5.74) is 2.21. The third kappa shape index (κ3) is 2.83. The molecule has 0 bridgehead atoms. The third-order valence-corrected chi connectivity index (χ3v) is 3.85. The molecule has 100 valence electrons. The van der Waals surface area contributed by atoms with Crippen molar-refractivity contribution in [3.8, 4) is 0 Å². The molecular formula is C15H23FN2. The van der Waals surface area contributed by atoms with Crippen molar-refractivity contribution in [3.63, 3.8) is 0 Å². The molecule has 1 heterocycles. The van der Waals surface area contributed by atoms with E-state index in [0.717, 1.165) is 37.2 Å². The minimum atomic E-state index is -0.142. The van der Waals surface area contributed by atoms with E-state index >= 15 is 0 Å². The van der Waals surface area contributed by atoms with Crippen LogP contribution in [0, 0.1) is 12.7 Å². The second-order valence-electron chi connectivity index (χ2n) is 5.25. The number of nitrogens with one attached hydrogen (secondary N) is 1. The normalized spacial score (nSPS) is 24.3. The topological polar surface area (TPSA) is 15.3 Å². The number of piperidine rings is 1. The number of hydrogen-bond acceptors (Lipinski definition) is 2. The Morgan fingerprint density at radius 2 is 2.22 bits per heavy atom. The number of aryl methyl sites for hydroxylation is 1. The SMILES string of the molecule is CCNC1CCN(c2cc(F)ccc2C)C(C)C1. The lowest BCUT2D eigenvalue weighted by Crippen LogP contribution is -2.47. The molecule has 0 aliphatic carbocycles. The van der Waals surface area contributed by atoms with Crippen molar-refractivity contribution in [2.45, 2.75) is 45.7 Å². The van der Waals surface area contributed by atoms with Crippen molar-refractivity contribution < 1.29 is 4.39 Å². The van der Waals surface area contributed by atoms with Crippen molar-refractivity contribution in [2.24, 2.45) is 0 Å². The van der Waals surface area contributed by atoms with Crippen LogP contribution < -0.4 is 10.2 Å². The van der Waals surface area contributed by atoms with Crippen LogP contribution in [0.3, 0.4) is 0 Å². The first-order valence-electron chi connectivity index (χ1n) is 6.88. The lowest BCUT2D eigenvalue weighted by molar-refractivity contribution is 0.373. The molecule has 0 aromatic heterocycles. The maximum absolute atomic E-state index is 13.4. The van der Waals surface area contributed by atoms with Gasteiger partial charge in [-0.15, -0.1) is 0 Å². The highest BCUT2D eigenvalue weighted by Crippen LogP contribution is 2.28. The highest BCUT2D eigenvalue weighted by Gasteiger charge is 2.25. The summed E-state index contributed by atoms with van der Waals surface area (Å²) in [6, 6.07) is 6.14. The van der Waals surface area contributed by atoms with E-state index in [0.29, 0.717) is 12.1 Å². The number of rotatable bonds is 3. The molecule has 1 N–H and O–H groups in total. The predicted octanol–water partition coefficient (Wildman–Crippen LogP) is 3.10. The zero-order valence-corrected chi connectivity index (χ0v) is 11.5. The second kappa shape index (κ2) is 5.70. The summed E-state index contributed by atoms with van der Waals surface area (Å²) in [6.07, 6.45) is 2.26. The lowest BCUT2D eigenvalue weighted by Gasteiger charge is -2.40. The average molecular weight is 250 g/mol. The van der Waals surface area contributed by atoms with Crippen LogP contribution in [0.4, 0.5) is 10.1 Å². The Bertz CT molecular complexity index is 405. The number of halogens is 1. The zero-order chi connectivity index (χ0) is 13.1. The van der Waals surface area contributed by atoms with Gasteiger partial charge < -0.3 is 10.2 Å². The summed E-state index contributed by atoms with van der Waals surface area (Å²) in [7, 11) is 0. The zero-order valence-electron chi connectivity index (χ0n) is 11.5. The van der Waals surface area contributed by atoms with Crippen molar-refractivity contribution in [2.75, 3.05) is 18.0 Å². The Labute approximate surface area is 109 Å². The molecule has 1 aromatic rings. The monoisotopic (exact) mass is 250 g/mol. The third-order valence-electron chi connectivity index (χ3n) is 3.85. The molecule has 1 fully saturated rings. The van der Waals surface area contributed by atoms with Crippen LogP contribution in [-0.2, 0) is 0 Å². The van der Waals surface area contributed by atoms with Crippen LogP contribution >= 0.6 is 0 Å². The van der Waals surface area contributed by atoms with Crippen LogP contribution in [0.25, 0.3) is 0 Å². The molecule has 3 heteroatoms. The van der Waals surface area contributed by atoms with Gasteiger partial charge in [0, 0.05) is 24.3 Å². The molecule has 0 radical (unpaired) electrons. The number of nitrogens with zero attached hydrogens (tertiary/aromatic N) is 1. The highest BCUT2D eigenvalue weighted by molar-refractivity contribution is 5.54. The summed E-state index contributed by atoms with van der Waals surface area (Å²) in [5.74, 6) is -0.142. The fraction of sp³-hybridized carbons (Fsp3) is 0.600. The molecule has 0 saturated carbocycles. The first kappa shape index (κ1) is 13.3. The largest absolute Gasteiger partial charge is 0.368 e. The summed E-state index contributed by atoms with van der Waals surface area (Å²) < 4.78 is 13.4. The Hall–Kier alpha value is -1.09. The Morgan fingerprint density at radius 3 is 2.89 bits per heavy atom. The van der Waals surface area contributed by atoms with Gasteiger partial charge in [0.2, 0.25) is 0 Å². The summed E-state index contributed by atoms with van der Waals surface area (Å²) >= 11 is 0. The first-order chi connectivity index (χ1) is 8.61. The number of benzene rings is 1. The van der Waals surface area contributed by atoms with E-state index in [1.807, 2.05) is 6.07 Å². The summed E-state index contributed by atoms with van der Waals surface area (Å²) in [6.45, 7) is 8.46. The molecule has 1 aromatic carbocycles. The summed E-state index contributed by atoms with van der Waals surface area (Å²) in [4.78, 5) is 2.34. The molecule has 1 saturated heterocycles. The molecule has 2 rings (SSSR count). The molecule has 1 aliphatic heterocycles. The fourth-order valence-corrected chi connectivity index (χ4v) is 2.90. The van der Waals surface area contributed by atoms with Crippen LogP contribution in [0.2, 0.25) is 0 Å². The van der Waals surface area contributed by atoms with Gasteiger partial charge in [0.1, 0.15) is 5.82 Å². The van der Waals surface area contributed by atoms with Crippen molar-refractivity contribution >= 4 is 5.69 Å². The Morgan fingerprint density at radius 1 is 1.44 bits per heavy atom. The van der Waals surface area contributed by atoms with E-state index < -0.39 is 0 Å².